The van der Waals surface area contributed by atoms with Crippen LogP contribution in [0.15, 0.2) is 29.3 Å². The van der Waals surface area contributed by atoms with Crippen LogP contribution in [0.1, 0.15) is 24.0 Å². The number of nitrogens with two attached hydrogens (primary N) is 1. The van der Waals surface area contributed by atoms with Gasteiger partial charge in [0.25, 0.3) is 0 Å². The molecule has 16 heavy (non-hydrogen) atoms. The van der Waals surface area contributed by atoms with Crippen molar-refractivity contribution in [2.24, 2.45) is 10.7 Å². The largest absolute Gasteiger partial charge is 0.370 e. The third-order valence-electron chi connectivity index (χ3n) is 2.73. The molecule has 0 radical (unpaired) electrons. The van der Waals surface area contributed by atoms with E-state index in [4.69, 9.17) is 5.73 Å². The summed E-state index contributed by atoms with van der Waals surface area (Å²) in [7, 11) is 0. The molecule has 3 heteroatoms. The Balaban J connectivity index is 1.75. The summed E-state index contributed by atoms with van der Waals surface area (Å²) in [6, 6.07) is 9.14. The van der Waals surface area contributed by atoms with E-state index in [0.29, 0.717) is 12.0 Å². The molecule has 0 atom stereocenters. The second kappa shape index (κ2) is 5.01. The minimum absolute atomic E-state index is 0.586. The van der Waals surface area contributed by atoms with E-state index in [1.54, 1.807) is 0 Å². The van der Waals surface area contributed by atoms with Gasteiger partial charge >= 0.3 is 0 Å². The summed E-state index contributed by atoms with van der Waals surface area (Å²) in [5.74, 6) is 0.592. The molecule has 0 spiro atoms. The van der Waals surface area contributed by atoms with Gasteiger partial charge in [-0.2, -0.15) is 0 Å². The summed E-state index contributed by atoms with van der Waals surface area (Å²) in [6.45, 7) is 2.86. The molecule has 0 saturated heterocycles. The first-order valence-electron chi connectivity index (χ1n) is 5.86. The second-order valence-electron chi connectivity index (χ2n) is 4.42. The number of rotatable bonds is 4. The van der Waals surface area contributed by atoms with Gasteiger partial charge in [0.15, 0.2) is 5.96 Å². The molecule has 1 aliphatic rings. The van der Waals surface area contributed by atoms with Crippen molar-refractivity contribution >= 4 is 5.96 Å². The number of aryl methyl sites for hydroxylation is 1. The van der Waals surface area contributed by atoms with Crippen LogP contribution < -0.4 is 11.1 Å². The van der Waals surface area contributed by atoms with Crippen LogP contribution in [0.4, 0.5) is 0 Å². The second-order valence-corrected chi connectivity index (χ2v) is 4.42. The van der Waals surface area contributed by atoms with Crippen LogP contribution in [0.3, 0.4) is 0 Å². The normalized spacial score (nSPS) is 16.2. The number of guanidine groups is 1. The van der Waals surface area contributed by atoms with Gasteiger partial charge in [-0.3, -0.25) is 4.99 Å². The van der Waals surface area contributed by atoms with Gasteiger partial charge < -0.3 is 11.1 Å². The van der Waals surface area contributed by atoms with Gasteiger partial charge in [0.05, 0.1) is 0 Å². The first kappa shape index (κ1) is 11.0. The van der Waals surface area contributed by atoms with Gasteiger partial charge in [-0.05, 0) is 31.7 Å². The summed E-state index contributed by atoms with van der Waals surface area (Å²) in [5, 5.41) is 3.18. The highest BCUT2D eigenvalue weighted by Crippen LogP contribution is 2.17. The molecule has 0 amide bonds. The van der Waals surface area contributed by atoms with Crippen LogP contribution >= 0.6 is 0 Å². The average Bonchev–Trinajstić information content (AvgIpc) is 3.05. The SMILES string of the molecule is Cc1ccc(CCN=C(N)NC2CC2)cc1. The molecule has 1 aromatic carbocycles. The summed E-state index contributed by atoms with van der Waals surface area (Å²) >= 11 is 0. The zero-order valence-corrected chi connectivity index (χ0v) is 9.74. The zero-order chi connectivity index (χ0) is 11.4. The number of nitrogens with zero attached hydrogens (tertiary/aromatic N) is 1. The molecule has 1 aromatic rings. The molecule has 0 aromatic heterocycles. The van der Waals surface area contributed by atoms with Crippen LogP contribution in [-0.2, 0) is 6.42 Å². The van der Waals surface area contributed by atoms with E-state index in [2.05, 4.69) is 41.5 Å². The summed E-state index contributed by atoms with van der Waals surface area (Å²) < 4.78 is 0. The summed E-state index contributed by atoms with van der Waals surface area (Å²) in [5.41, 5.74) is 8.35. The number of nitrogens with one attached hydrogen (secondary N) is 1. The van der Waals surface area contributed by atoms with Crippen LogP contribution in [0.2, 0.25) is 0 Å². The lowest BCUT2D eigenvalue weighted by molar-refractivity contribution is 0.870. The van der Waals surface area contributed by atoms with Gasteiger partial charge in [-0.15, -0.1) is 0 Å². The fraction of sp³-hybridized carbons (Fsp3) is 0.462. The van der Waals surface area contributed by atoms with E-state index < -0.39 is 0 Å². The lowest BCUT2D eigenvalue weighted by Crippen LogP contribution is -2.33. The van der Waals surface area contributed by atoms with Gasteiger partial charge in [-0.1, -0.05) is 29.8 Å². The highest BCUT2D eigenvalue weighted by Gasteiger charge is 2.21. The molecule has 0 unspecified atom stereocenters. The molecular weight excluding hydrogens is 198 g/mol. The molecule has 2 rings (SSSR count). The first-order valence-corrected chi connectivity index (χ1v) is 5.86. The van der Waals surface area contributed by atoms with Crippen LogP contribution in [-0.4, -0.2) is 18.5 Å². The van der Waals surface area contributed by atoms with Crippen molar-refractivity contribution in [3.8, 4) is 0 Å². The fourth-order valence-electron chi connectivity index (χ4n) is 1.54. The topological polar surface area (TPSA) is 50.4 Å². The number of hydrogen-bond acceptors (Lipinski definition) is 1. The highest BCUT2D eigenvalue weighted by molar-refractivity contribution is 5.78. The van der Waals surface area contributed by atoms with E-state index in [9.17, 15) is 0 Å². The standard InChI is InChI=1S/C13H19N3/c1-10-2-4-11(5-3-10)8-9-15-13(14)16-12-6-7-12/h2-5,12H,6-9H2,1H3,(H3,14,15,16). The Morgan fingerprint density at radius 2 is 2.06 bits per heavy atom. The molecule has 0 heterocycles. The predicted octanol–water partition coefficient (Wildman–Crippen LogP) is 1.60. The monoisotopic (exact) mass is 217 g/mol. The van der Waals surface area contributed by atoms with Gasteiger partial charge in [-0.25, -0.2) is 0 Å². The molecule has 1 aliphatic carbocycles. The maximum absolute atomic E-state index is 5.74. The van der Waals surface area contributed by atoms with E-state index in [1.165, 1.54) is 24.0 Å². The number of aliphatic imine (C=N–C) groups is 1. The van der Waals surface area contributed by atoms with Crippen molar-refractivity contribution in [1.82, 2.24) is 5.32 Å². The number of benzene rings is 1. The lowest BCUT2D eigenvalue weighted by Gasteiger charge is -2.03. The van der Waals surface area contributed by atoms with Crippen LogP contribution in [0.5, 0.6) is 0 Å². The Labute approximate surface area is 96.8 Å². The Morgan fingerprint density at radius 1 is 1.38 bits per heavy atom. The van der Waals surface area contributed by atoms with Crippen molar-refractivity contribution in [3.05, 3.63) is 35.4 Å². The Bertz CT molecular complexity index is 363. The average molecular weight is 217 g/mol. The van der Waals surface area contributed by atoms with E-state index >= 15 is 0 Å². The summed E-state index contributed by atoms with van der Waals surface area (Å²) in [4.78, 5) is 4.31. The van der Waals surface area contributed by atoms with Crippen LogP contribution in [0.25, 0.3) is 0 Å². The highest BCUT2D eigenvalue weighted by atomic mass is 15.1. The van der Waals surface area contributed by atoms with Gasteiger partial charge in [0, 0.05) is 12.6 Å². The molecule has 0 bridgehead atoms. The first-order chi connectivity index (χ1) is 7.74. The molecule has 3 N–H and O–H groups in total. The predicted molar refractivity (Wildman–Crippen MR) is 67.5 cm³/mol. The van der Waals surface area contributed by atoms with Crippen molar-refractivity contribution in [3.63, 3.8) is 0 Å². The van der Waals surface area contributed by atoms with Crippen molar-refractivity contribution < 1.29 is 0 Å². The van der Waals surface area contributed by atoms with E-state index in [-0.39, 0.29) is 0 Å². The Kier molecular flexibility index (Phi) is 3.44. The van der Waals surface area contributed by atoms with E-state index in [1.807, 2.05) is 0 Å². The third kappa shape index (κ3) is 3.57. The van der Waals surface area contributed by atoms with Crippen molar-refractivity contribution in [1.29, 1.82) is 0 Å². The molecule has 3 nitrogen and oxygen atoms in total. The maximum atomic E-state index is 5.74. The summed E-state index contributed by atoms with van der Waals surface area (Å²) in [6.07, 6.45) is 3.41. The third-order valence-corrected chi connectivity index (χ3v) is 2.73. The van der Waals surface area contributed by atoms with Crippen LogP contribution in [0, 0.1) is 6.92 Å². The van der Waals surface area contributed by atoms with Gasteiger partial charge in [0.2, 0.25) is 0 Å². The fourth-order valence-corrected chi connectivity index (χ4v) is 1.54. The van der Waals surface area contributed by atoms with E-state index in [0.717, 1.165) is 13.0 Å². The molecule has 0 aliphatic heterocycles. The zero-order valence-electron chi connectivity index (χ0n) is 9.74. The Hall–Kier alpha value is -1.51. The smallest absolute Gasteiger partial charge is 0.188 e. The molecule has 1 saturated carbocycles. The van der Waals surface area contributed by atoms with Gasteiger partial charge in [0.1, 0.15) is 0 Å². The lowest BCUT2D eigenvalue weighted by atomic mass is 10.1. The molecule has 1 fully saturated rings. The maximum Gasteiger partial charge on any atom is 0.188 e. The quantitative estimate of drug-likeness (QED) is 0.594. The number of hydrogen-bond donors (Lipinski definition) is 2. The molecular formula is C13H19N3. The Morgan fingerprint density at radius 3 is 2.69 bits per heavy atom. The minimum atomic E-state index is 0.586. The minimum Gasteiger partial charge on any atom is -0.370 e. The van der Waals surface area contributed by atoms with Crippen molar-refractivity contribution in [2.75, 3.05) is 6.54 Å². The molecule has 86 valence electrons. The van der Waals surface area contributed by atoms with Crippen molar-refractivity contribution in [2.45, 2.75) is 32.2 Å².